The quantitative estimate of drug-likeness (QED) is 0.408. The Hall–Kier alpha value is -2.13. The summed E-state index contributed by atoms with van der Waals surface area (Å²) in [4.78, 5) is 13.6. The molecule has 0 bridgehead atoms. The van der Waals surface area contributed by atoms with Crippen LogP contribution in [0.4, 0.5) is 11.5 Å². The van der Waals surface area contributed by atoms with Gasteiger partial charge in [0.15, 0.2) is 0 Å². The average Bonchev–Trinajstić information content (AvgIpc) is 2.20. The predicted molar refractivity (Wildman–Crippen MR) is 56.1 cm³/mol. The van der Waals surface area contributed by atoms with E-state index in [-0.39, 0.29) is 11.5 Å². The van der Waals surface area contributed by atoms with Gasteiger partial charge in [-0.25, -0.2) is 4.98 Å². The molecule has 0 aliphatic carbocycles. The van der Waals surface area contributed by atoms with Gasteiger partial charge in [0.05, 0.1) is 17.0 Å². The van der Waals surface area contributed by atoms with Crippen molar-refractivity contribution < 1.29 is 4.92 Å². The zero-order chi connectivity index (χ0) is 11.3. The molecule has 78 valence electrons. The number of hydrogen-bond donors (Lipinski definition) is 2. The summed E-state index contributed by atoms with van der Waals surface area (Å²) >= 11 is 0. The van der Waals surface area contributed by atoms with Gasteiger partial charge in [-0.1, -0.05) is 11.8 Å². The first-order valence-electron chi connectivity index (χ1n) is 4.18. The maximum atomic E-state index is 10.5. The van der Waals surface area contributed by atoms with Gasteiger partial charge in [0.1, 0.15) is 12.0 Å². The Bertz CT molecular complexity index is 433. The van der Waals surface area contributed by atoms with Gasteiger partial charge >= 0.3 is 0 Å². The van der Waals surface area contributed by atoms with Crippen LogP contribution in [0.1, 0.15) is 5.56 Å². The number of nitro groups is 1. The third-order valence-corrected chi connectivity index (χ3v) is 1.60. The van der Waals surface area contributed by atoms with E-state index in [0.29, 0.717) is 12.1 Å². The van der Waals surface area contributed by atoms with Gasteiger partial charge in [0.25, 0.3) is 5.69 Å². The number of aromatic nitrogens is 1. The number of anilines is 1. The molecular formula is C9H10N4O2. The number of nitrogens with zero attached hydrogens (tertiary/aromatic N) is 2. The van der Waals surface area contributed by atoms with Crippen LogP contribution in [-0.2, 0) is 0 Å². The molecule has 1 heterocycles. The molecule has 0 saturated carbocycles. The summed E-state index contributed by atoms with van der Waals surface area (Å²) in [6.45, 7) is 0.488. The Kier molecular flexibility index (Phi) is 3.60. The number of pyridine rings is 1. The van der Waals surface area contributed by atoms with Gasteiger partial charge < -0.3 is 11.1 Å². The minimum absolute atomic E-state index is 0.113. The molecule has 3 N–H and O–H groups in total. The lowest BCUT2D eigenvalue weighted by atomic mass is 10.2. The van der Waals surface area contributed by atoms with Gasteiger partial charge in [0, 0.05) is 6.07 Å². The van der Waals surface area contributed by atoms with Crippen LogP contribution in [0.15, 0.2) is 12.3 Å². The van der Waals surface area contributed by atoms with Gasteiger partial charge in [0.2, 0.25) is 0 Å². The van der Waals surface area contributed by atoms with Gasteiger partial charge in [-0.2, -0.15) is 0 Å². The highest BCUT2D eigenvalue weighted by Gasteiger charge is 2.08. The molecular weight excluding hydrogens is 196 g/mol. The lowest BCUT2D eigenvalue weighted by Gasteiger charge is -1.96. The smallest absolute Gasteiger partial charge is 0.288 e. The Morgan fingerprint density at radius 2 is 2.47 bits per heavy atom. The highest BCUT2D eigenvalue weighted by molar-refractivity contribution is 5.54. The third kappa shape index (κ3) is 2.93. The fraction of sp³-hybridized carbons (Fsp3) is 0.222. The molecule has 6 heteroatoms. The second kappa shape index (κ2) is 4.93. The minimum atomic E-state index is -0.532. The Balaban J connectivity index is 3.02. The second-order valence-corrected chi connectivity index (χ2v) is 2.72. The van der Waals surface area contributed by atoms with E-state index < -0.39 is 4.92 Å². The molecule has 0 aliphatic rings. The van der Waals surface area contributed by atoms with Crippen molar-refractivity contribution in [1.29, 1.82) is 0 Å². The van der Waals surface area contributed by atoms with E-state index in [1.54, 1.807) is 7.05 Å². The lowest BCUT2D eigenvalue weighted by Crippen LogP contribution is -2.04. The van der Waals surface area contributed by atoms with E-state index in [9.17, 15) is 10.1 Å². The maximum Gasteiger partial charge on any atom is 0.288 e. The third-order valence-electron chi connectivity index (χ3n) is 1.60. The molecule has 0 aliphatic heterocycles. The lowest BCUT2D eigenvalue weighted by molar-refractivity contribution is -0.385. The van der Waals surface area contributed by atoms with Crippen molar-refractivity contribution in [2.45, 2.75) is 0 Å². The zero-order valence-electron chi connectivity index (χ0n) is 8.15. The van der Waals surface area contributed by atoms with E-state index in [0.717, 1.165) is 6.20 Å². The predicted octanol–water partition coefficient (Wildman–Crippen LogP) is 0.143. The molecule has 6 nitrogen and oxygen atoms in total. The molecule has 0 amide bonds. The van der Waals surface area contributed by atoms with Crippen molar-refractivity contribution in [3.63, 3.8) is 0 Å². The molecule has 0 atom stereocenters. The van der Waals surface area contributed by atoms with Gasteiger partial charge in [-0.05, 0) is 7.05 Å². The number of hydrogen-bond acceptors (Lipinski definition) is 5. The van der Waals surface area contributed by atoms with Crippen LogP contribution in [0, 0.1) is 22.0 Å². The van der Waals surface area contributed by atoms with Crippen LogP contribution in [0.5, 0.6) is 0 Å². The van der Waals surface area contributed by atoms with E-state index in [4.69, 9.17) is 5.73 Å². The van der Waals surface area contributed by atoms with E-state index >= 15 is 0 Å². The number of nitrogen functional groups attached to an aromatic ring is 1. The molecule has 0 saturated heterocycles. The Morgan fingerprint density at radius 3 is 3.07 bits per heavy atom. The van der Waals surface area contributed by atoms with Crippen LogP contribution < -0.4 is 11.1 Å². The molecule has 0 spiro atoms. The summed E-state index contributed by atoms with van der Waals surface area (Å²) < 4.78 is 0. The monoisotopic (exact) mass is 206 g/mol. The van der Waals surface area contributed by atoms with Crippen molar-refractivity contribution in [3.8, 4) is 11.8 Å². The fourth-order valence-corrected chi connectivity index (χ4v) is 0.892. The summed E-state index contributed by atoms with van der Waals surface area (Å²) in [5, 5.41) is 13.3. The van der Waals surface area contributed by atoms with Crippen LogP contribution in [-0.4, -0.2) is 23.5 Å². The summed E-state index contributed by atoms with van der Waals surface area (Å²) in [7, 11) is 1.75. The molecule has 0 unspecified atom stereocenters. The highest BCUT2D eigenvalue weighted by Crippen LogP contribution is 2.15. The molecule has 0 radical (unpaired) electrons. The fourth-order valence-electron chi connectivity index (χ4n) is 0.892. The number of nitrogens with one attached hydrogen (secondary N) is 1. The normalized spacial score (nSPS) is 9.13. The van der Waals surface area contributed by atoms with Crippen LogP contribution >= 0.6 is 0 Å². The van der Waals surface area contributed by atoms with Crippen molar-refractivity contribution >= 4 is 11.5 Å². The Morgan fingerprint density at radius 1 is 1.73 bits per heavy atom. The van der Waals surface area contributed by atoms with Crippen LogP contribution in [0.3, 0.4) is 0 Å². The number of rotatable bonds is 2. The standard InChI is InChI=1S/C9H10N4O2/c1-11-4-2-3-7-5-8(13(14)15)6-12-9(7)10/h5-6,11H,4H2,1H3,(H2,10,12). The topological polar surface area (TPSA) is 94.1 Å². The van der Waals surface area contributed by atoms with Crippen molar-refractivity contribution in [1.82, 2.24) is 10.3 Å². The number of nitrogens with two attached hydrogens (primary N) is 1. The first kappa shape index (κ1) is 10.9. The van der Waals surface area contributed by atoms with E-state index in [1.807, 2.05) is 0 Å². The minimum Gasteiger partial charge on any atom is -0.383 e. The first-order chi connectivity index (χ1) is 7.15. The molecule has 0 fully saturated rings. The molecule has 1 aromatic rings. The summed E-state index contributed by atoms with van der Waals surface area (Å²) in [5.41, 5.74) is 5.78. The van der Waals surface area contributed by atoms with E-state index in [1.165, 1.54) is 6.07 Å². The maximum absolute atomic E-state index is 10.5. The van der Waals surface area contributed by atoms with Crippen LogP contribution in [0.2, 0.25) is 0 Å². The largest absolute Gasteiger partial charge is 0.383 e. The first-order valence-corrected chi connectivity index (χ1v) is 4.18. The molecule has 15 heavy (non-hydrogen) atoms. The summed E-state index contributed by atoms with van der Waals surface area (Å²) in [5.74, 6) is 5.66. The molecule has 1 rings (SSSR count). The van der Waals surface area contributed by atoms with Gasteiger partial charge in [-0.15, -0.1) is 0 Å². The van der Waals surface area contributed by atoms with Crippen LogP contribution in [0.25, 0.3) is 0 Å². The van der Waals surface area contributed by atoms with E-state index in [2.05, 4.69) is 22.1 Å². The summed E-state index contributed by atoms with van der Waals surface area (Å²) in [6, 6.07) is 1.31. The summed E-state index contributed by atoms with van der Waals surface area (Å²) in [6.07, 6.45) is 1.11. The molecule has 1 aromatic heterocycles. The zero-order valence-corrected chi connectivity index (χ0v) is 8.15. The SMILES string of the molecule is CNCC#Cc1cc([N+](=O)[O-])cnc1N. The Labute approximate surface area is 86.7 Å². The van der Waals surface area contributed by atoms with Gasteiger partial charge in [-0.3, -0.25) is 10.1 Å². The van der Waals surface area contributed by atoms with Crippen molar-refractivity contribution in [2.24, 2.45) is 0 Å². The highest BCUT2D eigenvalue weighted by atomic mass is 16.6. The second-order valence-electron chi connectivity index (χ2n) is 2.72. The van der Waals surface area contributed by atoms with Crippen molar-refractivity contribution in [2.75, 3.05) is 19.3 Å². The molecule has 0 aromatic carbocycles. The average molecular weight is 206 g/mol. The van der Waals surface area contributed by atoms with Crippen molar-refractivity contribution in [3.05, 3.63) is 27.9 Å².